The van der Waals surface area contributed by atoms with E-state index in [-0.39, 0.29) is 17.9 Å². The van der Waals surface area contributed by atoms with Gasteiger partial charge in [0.25, 0.3) is 8.32 Å². The van der Waals surface area contributed by atoms with Crippen LogP contribution in [0.5, 0.6) is 0 Å². The van der Waals surface area contributed by atoms with Gasteiger partial charge in [0.15, 0.2) is 0 Å². The zero-order valence-corrected chi connectivity index (χ0v) is 16.4. The number of benzene rings is 2. The van der Waals surface area contributed by atoms with E-state index in [0.717, 1.165) is 10.4 Å². The Bertz CT molecular complexity index is 725. The molecule has 0 spiro atoms. The summed E-state index contributed by atoms with van der Waals surface area (Å²) in [5.74, 6) is -1.02. The van der Waals surface area contributed by atoms with Gasteiger partial charge in [-0.25, -0.2) is 0 Å². The molecular weight excluding hydrogens is 344 g/mol. The Morgan fingerprint density at radius 2 is 1.27 bits per heavy atom. The first-order chi connectivity index (χ1) is 12.3. The molecule has 0 amide bonds. The van der Waals surface area contributed by atoms with Crippen molar-refractivity contribution in [3.63, 3.8) is 0 Å². The van der Waals surface area contributed by atoms with E-state index in [1.807, 2.05) is 36.4 Å². The van der Waals surface area contributed by atoms with Gasteiger partial charge in [-0.2, -0.15) is 0 Å². The van der Waals surface area contributed by atoms with E-state index in [0.29, 0.717) is 0 Å². The van der Waals surface area contributed by atoms with E-state index in [1.165, 1.54) is 0 Å². The molecule has 0 unspecified atom stereocenters. The Balaban J connectivity index is 2.14. The van der Waals surface area contributed by atoms with Crippen molar-refractivity contribution < 1.29 is 18.8 Å². The number of cyclic esters (lactones) is 2. The molecule has 1 fully saturated rings. The molecule has 1 aliphatic rings. The summed E-state index contributed by atoms with van der Waals surface area (Å²) in [7, 11) is -2.76. The van der Waals surface area contributed by atoms with E-state index in [4.69, 9.17) is 4.43 Å². The maximum Gasteiger partial charge on any atom is 0.316 e. The molecule has 5 heteroatoms. The highest BCUT2D eigenvalue weighted by Crippen LogP contribution is 2.38. The Hall–Kier alpha value is -2.24. The summed E-state index contributed by atoms with van der Waals surface area (Å²) in [6.45, 7) is 6.51. The van der Waals surface area contributed by atoms with Crippen molar-refractivity contribution in [3.8, 4) is 0 Å². The quantitative estimate of drug-likeness (QED) is 0.473. The van der Waals surface area contributed by atoms with Crippen LogP contribution in [0.2, 0.25) is 5.04 Å². The van der Waals surface area contributed by atoms with Gasteiger partial charge in [-0.3, -0.25) is 9.59 Å². The molecule has 4 nitrogen and oxygen atoms in total. The van der Waals surface area contributed by atoms with Crippen LogP contribution in [0.4, 0.5) is 0 Å². The molecule has 0 aromatic heterocycles. The van der Waals surface area contributed by atoms with Gasteiger partial charge in [0.05, 0.1) is 18.9 Å². The van der Waals surface area contributed by atoms with Gasteiger partial charge >= 0.3 is 11.9 Å². The van der Waals surface area contributed by atoms with Crippen LogP contribution >= 0.6 is 0 Å². The average molecular weight is 369 g/mol. The van der Waals surface area contributed by atoms with Crippen molar-refractivity contribution in [2.75, 3.05) is 0 Å². The monoisotopic (exact) mass is 368 g/mol. The van der Waals surface area contributed by atoms with Crippen molar-refractivity contribution in [2.45, 2.75) is 44.8 Å². The molecule has 0 radical (unpaired) electrons. The maximum absolute atomic E-state index is 11.8. The topological polar surface area (TPSA) is 52.6 Å². The lowest BCUT2D eigenvalue weighted by atomic mass is 10.1. The summed E-state index contributed by atoms with van der Waals surface area (Å²) >= 11 is 0. The highest BCUT2D eigenvalue weighted by molar-refractivity contribution is 6.99. The number of ether oxygens (including phenoxy) is 1. The lowest BCUT2D eigenvalue weighted by molar-refractivity contribution is -0.167. The van der Waals surface area contributed by atoms with Gasteiger partial charge in [-0.15, -0.1) is 0 Å². The number of esters is 2. The predicted octanol–water partition coefficient (Wildman–Crippen LogP) is 2.80. The van der Waals surface area contributed by atoms with Crippen LogP contribution in [0, 0.1) is 0 Å². The van der Waals surface area contributed by atoms with Crippen LogP contribution < -0.4 is 10.4 Å². The van der Waals surface area contributed by atoms with Crippen LogP contribution in [-0.2, 0) is 18.8 Å². The Kier molecular flexibility index (Phi) is 5.12. The summed E-state index contributed by atoms with van der Waals surface area (Å²) in [6.07, 6.45) is -0.248. The van der Waals surface area contributed by atoms with Gasteiger partial charge in [-0.05, 0) is 15.4 Å². The minimum Gasteiger partial charge on any atom is -0.403 e. The Labute approximate surface area is 155 Å². The molecule has 0 bridgehead atoms. The second-order valence-corrected chi connectivity index (χ2v) is 11.9. The largest absolute Gasteiger partial charge is 0.403 e. The summed E-state index contributed by atoms with van der Waals surface area (Å²) in [5, 5.41) is 2.07. The fourth-order valence-corrected chi connectivity index (χ4v) is 8.36. The summed E-state index contributed by atoms with van der Waals surface area (Å²) < 4.78 is 11.5. The molecule has 0 atom stereocenters. The van der Waals surface area contributed by atoms with Crippen molar-refractivity contribution in [3.05, 3.63) is 60.7 Å². The van der Waals surface area contributed by atoms with Crippen molar-refractivity contribution in [1.82, 2.24) is 0 Å². The Morgan fingerprint density at radius 3 is 1.65 bits per heavy atom. The number of hydrogen-bond donors (Lipinski definition) is 0. The third kappa shape index (κ3) is 3.50. The van der Waals surface area contributed by atoms with Crippen LogP contribution in [0.25, 0.3) is 0 Å². The summed E-state index contributed by atoms with van der Waals surface area (Å²) in [5.41, 5.74) is 0. The second kappa shape index (κ2) is 7.17. The smallest absolute Gasteiger partial charge is 0.316 e. The molecular formula is C21H24O4Si. The summed E-state index contributed by atoms with van der Waals surface area (Å²) in [4.78, 5) is 23.6. The first kappa shape index (κ1) is 18.5. The first-order valence-corrected chi connectivity index (χ1v) is 10.8. The molecule has 0 N–H and O–H groups in total. The number of hydrogen-bond acceptors (Lipinski definition) is 4. The molecule has 0 saturated carbocycles. The molecule has 1 aliphatic heterocycles. The van der Waals surface area contributed by atoms with Crippen LogP contribution in [-0.4, -0.2) is 26.4 Å². The zero-order chi connectivity index (χ0) is 18.8. The standard InChI is InChI=1S/C21H24O4Si/c1-21(2,3)26(17-10-6-4-7-11-17,18-12-8-5-9-13-18)25-16-14-19(22)24-20(23)15-16/h4-13,16H,14-15H2,1-3H3. The van der Waals surface area contributed by atoms with Crippen molar-refractivity contribution in [1.29, 1.82) is 0 Å². The second-order valence-electron chi connectivity index (χ2n) is 7.66. The molecule has 26 heavy (non-hydrogen) atoms. The SMILES string of the molecule is CC(C)(C)[Si](OC1CC(=O)OC(=O)C1)(c1ccccc1)c1ccccc1. The van der Waals surface area contributed by atoms with E-state index in [1.54, 1.807) is 0 Å². The molecule has 3 rings (SSSR count). The maximum atomic E-state index is 11.8. The van der Waals surface area contributed by atoms with E-state index in [9.17, 15) is 9.59 Å². The fourth-order valence-electron chi connectivity index (χ4n) is 3.68. The van der Waals surface area contributed by atoms with Gasteiger partial charge in [0, 0.05) is 0 Å². The normalized spacial score (nSPS) is 16.4. The van der Waals surface area contributed by atoms with Crippen molar-refractivity contribution >= 4 is 30.6 Å². The third-order valence-corrected chi connectivity index (χ3v) is 9.87. The average Bonchev–Trinajstić information content (AvgIpc) is 2.59. The van der Waals surface area contributed by atoms with Crippen molar-refractivity contribution in [2.24, 2.45) is 0 Å². The van der Waals surface area contributed by atoms with Gasteiger partial charge in [0.2, 0.25) is 0 Å². The van der Waals surface area contributed by atoms with E-state index < -0.39 is 26.4 Å². The first-order valence-electron chi connectivity index (χ1n) is 8.85. The highest BCUT2D eigenvalue weighted by Gasteiger charge is 2.52. The highest BCUT2D eigenvalue weighted by atomic mass is 28.4. The van der Waals surface area contributed by atoms with E-state index >= 15 is 0 Å². The molecule has 1 heterocycles. The fraction of sp³-hybridized carbons (Fsp3) is 0.333. The lowest BCUT2D eigenvalue weighted by Crippen LogP contribution is -2.68. The van der Waals surface area contributed by atoms with Crippen LogP contribution in [0.1, 0.15) is 33.6 Å². The third-order valence-electron chi connectivity index (χ3n) is 4.78. The molecule has 136 valence electrons. The molecule has 2 aromatic carbocycles. The minimum absolute atomic E-state index is 0.107. The lowest BCUT2D eigenvalue weighted by Gasteiger charge is -2.45. The van der Waals surface area contributed by atoms with Crippen LogP contribution in [0.15, 0.2) is 60.7 Å². The molecule has 1 saturated heterocycles. The molecule has 0 aliphatic carbocycles. The molecule has 2 aromatic rings. The van der Waals surface area contributed by atoms with Crippen LogP contribution in [0.3, 0.4) is 0 Å². The van der Waals surface area contributed by atoms with Gasteiger partial charge < -0.3 is 9.16 Å². The van der Waals surface area contributed by atoms with Gasteiger partial charge in [0.1, 0.15) is 0 Å². The zero-order valence-electron chi connectivity index (χ0n) is 15.4. The number of carbonyl (C=O) groups is 2. The minimum atomic E-state index is -2.76. The predicted molar refractivity (Wildman–Crippen MR) is 103 cm³/mol. The van der Waals surface area contributed by atoms with E-state index in [2.05, 4.69) is 49.8 Å². The Morgan fingerprint density at radius 1 is 0.846 bits per heavy atom. The number of rotatable bonds is 4. The number of carbonyl (C=O) groups excluding carboxylic acids is 2. The summed E-state index contributed by atoms with van der Waals surface area (Å²) in [6, 6.07) is 20.4. The van der Waals surface area contributed by atoms with Gasteiger partial charge in [-0.1, -0.05) is 81.4 Å².